The van der Waals surface area contributed by atoms with Crippen molar-refractivity contribution in [3.63, 3.8) is 0 Å². The van der Waals surface area contributed by atoms with Gasteiger partial charge in [0.05, 0.1) is 17.4 Å². The second kappa shape index (κ2) is 6.38. The molecule has 108 valence electrons. The van der Waals surface area contributed by atoms with Gasteiger partial charge in [0.15, 0.2) is 0 Å². The quantitative estimate of drug-likeness (QED) is 0.883. The smallest absolute Gasteiger partial charge is 0.337 e. The predicted octanol–water partition coefficient (Wildman–Crippen LogP) is 2.03. The van der Waals surface area contributed by atoms with Crippen molar-refractivity contribution in [1.29, 1.82) is 0 Å². The molecular weight excluding hydrogens is 260 g/mol. The van der Waals surface area contributed by atoms with Crippen molar-refractivity contribution in [2.24, 2.45) is 0 Å². The molecule has 1 heterocycles. The fraction of sp³-hybridized carbons (Fsp3) is 0.429. The summed E-state index contributed by atoms with van der Waals surface area (Å²) in [7, 11) is 1.67. The molecule has 2 N–H and O–H groups in total. The van der Waals surface area contributed by atoms with Crippen molar-refractivity contribution >= 4 is 17.7 Å². The van der Waals surface area contributed by atoms with E-state index in [2.05, 4.69) is 5.32 Å². The molecule has 0 spiro atoms. The number of carboxylic acid groups (broad SMARTS) is 1. The largest absolute Gasteiger partial charge is 0.478 e. The Morgan fingerprint density at radius 1 is 1.45 bits per heavy atom. The van der Waals surface area contributed by atoms with Gasteiger partial charge < -0.3 is 20.1 Å². The monoisotopic (exact) mass is 278 g/mol. The number of amides is 2. The van der Waals surface area contributed by atoms with Crippen LogP contribution < -0.4 is 5.32 Å². The Morgan fingerprint density at radius 2 is 2.20 bits per heavy atom. The third-order valence-corrected chi connectivity index (χ3v) is 3.25. The summed E-state index contributed by atoms with van der Waals surface area (Å²) in [5, 5.41) is 11.7. The van der Waals surface area contributed by atoms with Crippen molar-refractivity contribution in [2.45, 2.75) is 18.9 Å². The Morgan fingerprint density at radius 3 is 2.85 bits per heavy atom. The molecular formula is C14H18N2O4. The summed E-state index contributed by atoms with van der Waals surface area (Å²) in [6.07, 6.45) is 2.03. The van der Waals surface area contributed by atoms with Crippen LogP contribution in [0.25, 0.3) is 0 Å². The number of carbonyl (C=O) groups excluding carboxylic acids is 1. The van der Waals surface area contributed by atoms with E-state index in [1.54, 1.807) is 25.2 Å². The second-order valence-electron chi connectivity index (χ2n) is 4.80. The van der Waals surface area contributed by atoms with Gasteiger partial charge in [0, 0.05) is 20.2 Å². The summed E-state index contributed by atoms with van der Waals surface area (Å²) in [6.45, 7) is 1.24. The van der Waals surface area contributed by atoms with Gasteiger partial charge in [-0.1, -0.05) is 12.1 Å². The summed E-state index contributed by atoms with van der Waals surface area (Å²) >= 11 is 0. The molecule has 0 aromatic heterocycles. The van der Waals surface area contributed by atoms with E-state index in [0.717, 1.165) is 19.4 Å². The van der Waals surface area contributed by atoms with Crippen molar-refractivity contribution in [3.8, 4) is 0 Å². The molecule has 1 aromatic carbocycles. The van der Waals surface area contributed by atoms with Gasteiger partial charge in [-0.15, -0.1) is 0 Å². The summed E-state index contributed by atoms with van der Waals surface area (Å²) in [5.41, 5.74) is 0.371. The maximum Gasteiger partial charge on any atom is 0.337 e. The first-order chi connectivity index (χ1) is 9.58. The van der Waals surface area contributed by atoms with E-state index in [4.69, 9.17) is 9.84 Å². The van der Waals surface area contributed by atoms with Crippen LogP contribution in [-0.4, -0.2) is 48.3 Å². The molecule has 1 aliphatic heterocycles. The minimum atomic E-state index is -1.07. The van der Waals surface area contributed by atoms with E-state index in [-0.39, 0.29) is 17.7 Å². The van der Waals surface area contributed by atoms with Gasteiger partial charge in [0.2, 0.25) is 0 Å². The number of carboxylic acids is 1. The summed E-state index contributed by atoms with van der Waals surface area (Å²) in [6, 6.07) is 5.99. The number of carbonyl (C=O) groups is 2. The van der Waals surface area contributed by atoms with Crippen LogP contribution in [0.15, 0.2) is 24.3 Å². The van der Waals surface area contributed by atoms with E-state index < -0.39 is 5.97 Å². The summed E-state index contributed by atoms with van der Waals surface area (Å²) < 4.78 is 5.47. The number of benzene rings is 1. The molecule has 6 heteroatoms. The molecule has 2 amide bonds. The number of para-hydroxylation sites is 1. The number of aromatic carboxylic acids is 1. The van der Waals surface area contributed by atoms with Crippen LogP contribution in [0.3, 0.4) is 0 Å². The van der Waals surface area contributed by atoms with E-state index in [0.29, 0.717) is 12.2 Å². The highest BCUT2D eigenvalue weighted by Gasteiger charge is 2.21. The molecule has 0 aliphatic carbocycles. The van der Waals surface area contributed by atoms with Gasteiger partial charge in [0.25, 0.3) is 0 Å². The number of hydrogen-bond donors (Lipinski definition) is 2. The molecule has 0 saturated carbocycles. The van der Waals surface area contributed by atoms with Crippen LogP contribution in [-0.2, 0) is 4.74 Å². The first-order valence-electron chi connectivity index (χ1n) is 6.54. The van der Waals surface area contributed by atoms with Crippen LogP contribution in [0, 0.1) is 0 Å². The highest BCUT2D eigenvalue weighted by molar-refractivity contribution is 5.99. The minimum absolute atomic E-state index is 0.0699. The topological polar surface area (TPSA) is 78.9 Å². The molecule has 1 aromatic rings. The fourth-order valence-corrected chi connectivity index (χ4v) is 2.17. The maximum absolute atomic E-state index is 12.0. The zero-order chi connectivity index (χ0) is 14.5. The zero-order valence-electron chi connectivity index (χ0n) is 11.3. The number of nitrogens with one attached hydrogen (secondary N) is 1. The number of hydrogen-bond acceptors (Lipinski definition) is 3. The van der Waals surface area contributed by atoms with Crippen LogP contribution in [0.2, 0.25) is 0 Å². The highest BCUT2D eigenvalue weighted by atomic mass is 16.5. The number of likely N-dealkylation sites (N-methyl/N-ethyl adjacent to an activating group) is 1. The Balaban J connectivity index is 1.98. The van der Waals surface area contributed by atoms with Gasteiger partial charge in [-0.25, -0.2) is 9.59 Å². The number of anilines is 1. The van der Waals surface area contributed by atoms with Crippen LogP contribution >= 0.6 is 0 Å². The fourth-order valence-electron chi connectivity index (χ4n) is 2.17. The van der Waals surface area contributed by atoms with Gasteiger partial charge in [0.1, 0.15) is 0 Å². The molecule has 0 radical (unpaired) electrons. The number of rotatable bonds is 4. The number of urea groups is 1. The second-order valence-corrected chi connectivity index (χ2v) is 4.80. The Hall–Kier alpha value is -2.08. The molecule has 1 aliphatic rings. The lowest BCUT2D eigenvalue weighted by Crippen LogP contribution is -2.37. The summed E-state index contributed by atoms with van der Waals surface area (Å²) in [5.74, 6) is -1.07. The lowest BCUT2D eigenvalue weighted by atomic mass is 10.2. The third kappa shape index (κ3) is 3.48. The van der Waals surface area contributed by atoms with Gasteiger partial charge in [-0.3, -0.25) is 0 Å². The molecule has 6 nitrogen and oxygen atoms in total. The van der Waals surface area contributed by atoms with Gasteiger partial charge >= 0.3 is 12.0 Å². The first kappa shape index (κ1) is 14.3. The third-order valence-electron chi connectivity index (χ3n) is 3.25. The summed E-state index contributed by atoms with van der Waals surface area (Å²) in [4.78, 5) is 24.6. The van der Waals surface area contributed by atoms with Gasteiger partial charge in [-0.05, 0) is 25.0 Å². The first-order valence-corrected chi connectivity index (χ1v) is 6.54. The van der Waals surface area contributed by atoms with E-state index in [1.165, 1.54) is 11.0 Å². The lowest BCUT2D eigenvalue weighted by Gasteiger charge is -2.21. The Labute approximate surface area is 117 Å². The Kier molecular flexibility index (Phi) is 4.57. The Bertz CT molecular complexity index is 498. The molecule has 2 rings (SSSR count). The van der Waals surface area contributed by atoms with Crippen molar-refractivity contribution in [3.05, 3.63) is 29.8 Å². The number of ether oxygens (including phenoxy) is 1. The molecule has 20 heavy (non-hydrogen) atoms. The minimum Gasteiger partial charge on any atom is -0.478 e. The van der Waals surface area contributed by atoms with E-state index >= 15 is 0 Å². The van der Waals surface area contributed by atoms with E-state index in [9.17, 15) is 9.59 Å². The van der Waals surface area contributed by atoms with Crippen LogP contribution in [0.4, 0.5) is 10.5 Å². The van der Waals surface area contributed by atoms with Gasteiger partial charge in [-0.2, -0.15) is 0 Å². The predicted molar refractivity (Wildman–Crippen MR) is 74.0 cm³/mol. The standard InChI is InChI=1S/C14H18N2O4/c1-16(9-10-5-4-8-20-10)14(19)15-12-7-3-2-6-11(12)13(17)18/h2-3,6-7,10H,4-5,8-9H2,1H3,(H,15,19)(H,17,18). The average molecular weight is 278 g/mol. The van der Waals surface area contributed by atoms with Crippen LogP contribution in [0.5, 0.6) is 0 Å². The lowest BCUT2D eigenvalue weighted by molar-refractivity contribution is 0.0698. The molecule has 1 fully saturated rings. The highest BCUT2D eigenvalue weighted by Crippen LogP contribution is 2.16. The molecule has 0 bridgehead atoms. The van der Waals surface area contributed by atoms with E-state index in [1.807, 2.05) is 0 Å². The molecule has 1 atom stereocenters. The zero-order valence-corrected chi connectivity index (χ0v) is 11.3. The SMILES string of the molecule is CN(CC1CCCO1)C(=O)Nc1ccccc1C(=O)O. The van der Waals surface area contributed by atoms with Crippen molar-refractivity contribution in [1.82, 2.24) is 4.90 Å². The molecule has 1 saturated heterocycles. The van der Waals surface area contributed by atoms with Crippen molar-refractivity contribution < 1.29 is 19.4 Å². The average Bonchev–Trinajstić information content (AvgIpc) is 2.91. The van der Waals surface area contributed by atoms with Crippen LogP contribution in [0.1, 0.15) is 23.2 Å². The maximum atomic E-state index is 12.0. The van der Waals surface area contributed by atoms with Crippen molar-refractivity contribution in [2.75, 3.05) is 25.5 Å². The number of nitrogens with zero attached hydrogens (tertiary/aromatic N) is 1. The normalized spacial score (nSPS) is 17.8. The molecule has 1 unspecified atom stereocenters.